The van der Waals surface area contributed by atoms with Crippen molar-refractivity contribution in [1.82, 2.24) is 0 Å². The van der Waals surface area contributed by atoms with E-state index in [0.717, 1.165) is 0 Å². The lowest BCUT2D eigenvalue weighted by molar-refractivity contribution is -0.422. The third-order valence-electron chi connectivity index (χ3n) is 0.804. The van der Waals surface area contributed by atoms with Crippen LogP contribution >= 0.6 is 0 Å². The van der Waals surface area contributed by atoms with Crippen molar-refractivity contribution in [2.75, 3.05) is 6.61 Å². The molecule has 6 heteroatoms. The summed E-state index contributed by atoms with van der Waals surface area (Å²) < 4.78 is 4.25. The van der Waals surface area contributed by atoms with Crippen LogP contribution in [0.3, 0.4) is 0 Å². The number of rotatable bonds is 3. The van der Waals surface area contributed by atoms with Gasteiger partial charge in [-0.25, -0.2) is 4.79 Å². The van der Waals surface area contributed by atoms with E-state index in [4.69, 9.17) is 5.11 Å². The fourth-order valence-corrected chi connectivity index (χ4v) is 0.379. The largest absolute Gasteiger partial charge is 0.508 e. The molecule has 0 rings (SSSR count). The lowest BCUT2D eigenvalue weighted by atomic mass is 10.5. The number of esters is 1. The van der Waals surface area contributed by atoms with Crippen molar-refractivity contribution in [3.63, 3.8) is 0 Å². The number of aliphatic hydroxyl groups is 1. The molecule has 0 fully saturated rings. The van der Waals surface area contributed by atoms with Gasteiger partial charge in [-0.05, 0) is 6.92 Å². The van der Waals surface area contributed by atoms with Crippen molar-refractivity contribution >= 4 is 5.97 Å². The Labute approximate surface area is 62.2 Å². The van der Waals surface area contributed by atoms with E-state index < -0.39 is 16.6 Å². The predicted molar refractivity (Wildman–Crippen MR) is 34.3 cm³/mol. The van der Waals surface area contributed by atoms with Gasteiger partial charge < -0.3 is 9.84 Å². The molecule has 1 N–H and O–H groups in total. The molecule has 0 spiro atoms. The summed E-state index contributed by atoms with van der Waals surface area (Å²) >= 11 is 0. The van der Waals surface area contributed by atoms with Gasteiger partial charge in [-0.1, -0.05) is 0 Å². The molecule has 0 heterocycles. The van der Waals surface area contributed by atoms with Gasteiger partial charge in [0.2, 0.25) is 0 Å². The standard InChI is InChI=1S/C5H7NO5/c1-2-11-5(8)4(3-7)6(9)10/h3,7H,2H2,1H3/b4-3+. The maximum absolute atomic E-state index is 10.5. The molecule has 0 amide bonds. The van der Waals surface area contributed by atoms with Gasteiger partial charge in [0.25, 0.3) is 0 Å². The molecule has 0 saturated carbocycles. The van der Waals surface area contributed by atoms with Crippen LogP contribution in [-0.4, -0.2) is 22.6 Å². The molecule has 6 nitrogen and oxygen atoms in total. The maximum atomic E-state index is 10.5. The topological polar surface area (TPSA) is 89.7 Å². The molecule has 0 aliphatic rings. The number of hydrogen-bond acceptors (Lipinski definition) is 5. The Kier molecular flexibility index (Phi) is 3.65. The molecule has 0 saturated heterocycles. The number of ether oxygens (including phenoxy) is 1. The molecular weight excluding hydrogens is 154 g/mol. The van der Waals surface area contributed by atoms with Crippen molar-refractivity contribution in [3.05, 3.63) is 22.1 Å². The van der Waals surface area contributed by atoms with Gasteiger partial charge in [-0.3, -0.25) is 10.1 Å². The van der Waals surface area contributed by atoms with Crippen LogP contribution in [0.1, 0.15) is 6.92 Å². The number of hydrogen-bond donors (Lipinski definition) is 1. The highest BCUT2D eigenvalue weighted by Crippen LogP contribution is 1.96. The summed E-state index contributed by atoms with van der Waals surface area (Å²) in [7, 11) is 0. The van der Waals surface area contributed by atoms with Crippen molar-refractivity contribution in [2.45, 2.75) is 6.92 Å². The molecule has 0 radical (unpaired) electrons. The zero-order valence-electron chi connectivity index (χ0n) is 5.81. The van der Waals surface area contributed by atoms with Crippen LogP contribution in [0.15, 0.2) is 12.0 Å². The van der Waals surface area contributed by atoms with Gasteiger partial charge in [-0.15, -0.1) is 0 Å². The first kappa shape index (κ1) is 9.41. The molecule has 0 aliphatic heterocycles. The molecule has 0 aliphatic carbocycles. The highest BCUT2D eigenvalue weighted by atomic mass is 16.6. The molecule has 0 aromatic heterocycles. The Balaban J connectivity index is 4.29. The van der Waals surface area contributed by atoms with Crippen molar-refractivity contribution in [3.8, 4) is 0 Å². The smallest absolute Gasteiger partial charge is 0.413 e. The van der Waals surface area contributed by atoms with E-state index in [9.17, 15) is 14.9 Å². The van der Waals surface area contributed by atoms with E-state index in [-0.39, 0.29) is 12.9 Å². The lowest BCUT2D eigenvalue weighted by Crippen LogP contribution is -2.14. The second-order valence-corrected chi connectivity index (χ2v) is 1.49. The fraction of sp³-hybridized carbons (Fsp3) is 0.400. The van der Waals surface area contributed by atoms with Crippen molar-refractivity contribution in [2.24, 2.45) is 0 Å². The van der Waals surface area contributed by atoms with Gasteiger partial charge in [-0.2, -0.15) is 0 Å². The monoisotopic (exact) mass is 161 g/mol. The molecule has 0 aromatic rings. The summed E-state index contributed by atoms with van der Waals surface area (Å²) in [4.78, 5) is 19.4. The van der Waals surface area contributed by atoms with Gasteiger partial charge in [0.15, 0.2) is 6.26 Å². The molecule has 11 heavy (non-hydrogen) atoms. The van der Waals surface area contributed by atoms with Crippen LogP contribution in [0.25, 0.3) is 0 Å². The van der Waals surface area contributed by atoms with E-state index in [2.05, 4.69) is 4.74 Å². The van der Waals surface area contributed by atoms with Gasteiger partial charge in [0.1, 0.15) is 0 Å². The summed E-state index contributed by atoms with van der Waals surface area (Å²) in [6.45, 7) is 1.54. The summed E-state index contributed by atoms with van der Waals surface area (Å²) in [5.74, 6) is -1.14. The summed E-state index contributed by atoms with van der Waals surface area (Å²) in [5.41, 5.74) is -0.966. The van der Waals surface area contributed by atoms with Crippen LogP contribution in [-0.2, 0) is 9.53 Å². The molecule has 0 atom stereocenters. The van der Waals surface area contributed by atoms with Crippen molar-refractivity contribution in [1.29, 1.82) is 0 Å². The van der Waals surface area contributed by atoms with Gasteiger partial charge in [0, 0.05) is 0 Å². The zero-order chi connectivity index (χ0) is 8.85. The quantitative estimate of drug-likeness (QED) is 0.210. The number of nitrogens with zero attached hydrogens (tertiary/aromatic N) is 1. The summed E-state index contributed by atoms with van der Waals surface area (Å²) in [5, 5.41) is 18.1. The number of carbonyl (C=O) groups excluding carboxylic acids is 1. The maximum Gasteiger partial charge on any atom is 0.413 e. The van der Waals surface area contributed by atoms with Crippen LogP contribution < -0.4 is 0 Å². The zero-order valence-corrected chi connectivity index (χ0v) is 5.81. The Morgan fingerprint density at radius 3 is 2.64 bits per heavy atom. The summed E-state index contributed by atoms with van der Waals surface area (Å²) in [6, 6.07) is 0. The van der Waals surface area contributed by atoms with Crippen LogP contribution in [0.4, 0.5) is 0 Å². The van der Waals surface area contributed by atoms with Gasteiger partial charge in [0.05, 0.1) is 11.5 Å². The SMILES string of the molecule is CCOC(=O)/C(=C\O)[N+](=O)[O-]. The Bertz CT molecular complexity index is 197. The highest BCUT2D eigenvalue weighted by Gasteiger charge is 2.22. The van der Waals surface area contributed by atoms with Crippen LogP contribution in [0.2, 0.25) is 0 Å². The number of nitro groups is 1. The van der Waals surface area contributed by atoms with Gasteiger partial charge >= 0.3 is 11.7 Å². The first-order chi connectivity index (χ1) is 5.13. The van der Waals surface area contributed by atoms with E-state index in [0.29, 0.717) is 0 Å². The van der Waals surface area contributed by atoms with Crippen LogP contribution in [0.5, 0.6) is 0 Å². The average Bonchev–Trinajstić information content (AvgIpc) is 1.88. The Hall–Kier alpha value is -1.59. The highest BCUT2D eigenvalue weighted by molar-refractivity contribution is 5.85. The normalized spacial score (nSPS) is 10.8. The number of carbonyl (C=O) groups is 1. The third-order valence-corrected chi connectivity index (χ3v) is 0.804. The van der Waals surface area contributed by atoms with E-state index in [1.165, 1.54) is 6.92 Å². The second kappa shape index (κ2) is 4.26. The lowest BCUT2D eigenvalue weighted by Gasteiger charge is -1.95. The second-order valence-electron chi connectivity index (χ2n) is 1.49. The summed E-state index contributed by atoms with van der Waals surface area (Å²) in [6.07, 6.45) is 0.109. The number of aliphatic hydroxyl groups excluding tert-OH is 1. The minimum atomic E-state index is -1.14. The Morgan fingerprint density at radius 2 is 2.36 bits per heavy atom. The molecular formula is C5H7NO5. The minimum Gasteiger partial charge on any atom is -0.508 e. The molecule has 0 unspecified atom stereocenters. The first-order valence-electron chi connectivity index (χ1n) is 2.79. The van der Waals surface area contributed by atoms with E-state index in [1.807, 2.05) is 0 Å². The van der Waals surface area contributed by atoms with E-state index in [1.54, 1.807) is 0 Å². The molecule has 0 aromatic carbocycles. The van der Waals surface area contributed by atoms with E-state index >= 15 is 0 Å². The average molecular weight is 161 g/mol. The van der Waals surface area contributed by atoms with Crippen LogP contribution in [0, 0.1) is 10.1 Å². The predicted octanol–water partition coefficient (Wildman–Crippen LogP) is 0.226. The first-order valence-corrected chi connectivity index (χ1v) is 2.79. The third kappa shape index (κ3) is 2.65. The van der Waals surface area contributed by atoms with Crippen molar-refractivity contribution < 1.29 is 19.6 Å². The Morgan fingerprint density at radius 1 is 1.82 bits per heavy atom. The molecule has 0 bridgehead atoms. The minimum absolute atomic E-state index is 0.0318. The fourth-order valence-electron chi connectivity index (χ4n) is 0.379. The molecule has 62 valence electrons.